The van der Waals surface area contributed by atoms with Crippen molar-refractivity contribution < 1.29 is 8.83 Å². The summed E-state index contributed by atoms with van der Waals surface area (Å²) < 4.78 is 18.7. The van der Waals surface area contributed by atoms with Crippen LogP contribution < -0.4 is 0 Å². The monoisotopic (exact) mass is 1580 g/mol. The van der Waals surface area contributed by atoms with E-state index in [-0.39, 0.29) is 0 Å². The number of furan rings is 2. The van der Waals surface area contributed by atoms with E-state index in [4.69, 9.17) is 38.7 Å². The Labute approximate surface area is 713 Å². The molecule has 0 bridgehead atoms. The van der Waals surface area contributed by atoms with Gasteiger partial charge in [-0.15, -0.1) is 0 Å². The Morgan fingerprint density at radius 2 is 0.387 bits per heavy atom. The predicted octanol–water partition coefficient (Wildman–Crippen LogP) is 29.7. The topological polar surface area (TPSA) is 113 Å². The molecular weight excluding hydrogens is 1510 g/mol. The molecule has 6 heterocycles. The normalized spacial score (nSPS) is 11.5. The Bertz CT molecular complexity index is 8170. The minimum Gasteiger partial charge on any atom is -0.454 e. The number of aromatic nitrogens is 8. The summed E-state index contributed by atoms with van der Waals surface area (Å²) in [6.45, 7) is 0. The molecule has 0 fully saturated rings. The summed E-state index contributed by atoms with van der Waals surface area (Å²) in [4.78, 5) is 30.3. The molecule has 0 aliphatic carbocycles. The van der Waals surface area contributed by atoms with Crippen LogP contribution in [0.3, 0.4) is 0 Å². The molecule has 0 saturated carbocycles. The maximum Gasteiger partial charge on any atom is 0.164 e. The fourth-order valence-corrected chi connectivity index (χ4v) is 17.6. The summed E-state index contributed by atoms with van der Waals surface area (Å²) in [5.74, 6) is 3.60. The second-order valence-electron chi connectivity index (χ2n) is 31.2. The molecule has 0 atom stereocenters. The van der Waals surface area contributed by atoms with Crippen LogP contribution in [0.25, 0.3) is 234 Å². The molecule has 0 unspecified atom stereocenters. The highest BCUT2D eigenvalue weighted by molar-refractivity contribution is 6.23. The molecule has 10 heteroatoms. The van der Waals surface area contributed by atoms with Gasteiger partial charge in [-0.3, -0.25) is 0 Å². The van der Waals surface area contributed by atoms with Crippen LogP contribution in [0.1, 0.15) is 0 Å². The molecule has 0 N–H and O–H groups in total. The molecule has 6 aromatic heterocycles. The van der Waals surface area contributed by atoms with Crippen molar-refractivity contribution in [3.05, 3.63) is 437 Å². The average molecular weight is 1590 g/mol. The van der Waals surface area contributed by atoms with Crippen LogP contribution >= 0.6 is 0 Å². The second kappa shape index (κ2) is 30.8. The lowest BCUT2D eigenvalue weighted by atomic mass is 10.00. The third kappa shape index (κ3) is 13.3. The Balaban J connectivity index is 0.000000143. The van der Waals surface area contributed by atoms with Crippen LogP contribution in [0.5, 0.6) is 0 Å². The Kier molecular flexibility index (Phi) is 18.0. The van der Waals surface area contributed by atoms with Gasteiger partial charge in [0.15, 0.2) is 46.1 Å². The lowest BCUT2D eigenvalue weighted by molar-refractivity contribution is 0.671. The zero-order valence-electron chi connectivity index (χ0n) is 67.0. The van der Waals surface area contributed by atoms with Crippen LogP contribution in [0.15, 0.2) is 446 Å². The van der Waals surface area contributed by atoms with Gasteiger partial charge in [0, 0.05) is 87.8 Å². The molecule has 580 valence electrons. The van der Waals surface area contributed by atoms with Gasteiger partial charge in [-0.05, 0) is 146 Å². The fraction of sp³-hybridized carbons (Fsp3) is 0. The highest BCUT2D eigenvalue weighted by atomic mass is 16.3. The minimum absolute atomic E-state index is 0.578. The van der Waals surface area contributed by atoms with Gasteiger partial charge >= 0.3 is 0 Å². The number of para-hydroxylation sites is 2. The van der Waals surface area contributed by atoms with Gasteiger partial charge in [0.25, 0.3) is 0 Å². The van der Waals surface area contributed by atoms with Crippen molar-refractivity contribution in [3.63, 3.8) is 0 Å². The van der Waals surface area contributed by atoms with Gasteiger partial charge in [-0.1, -0.05) is 358 Å². The zero-order valence-corrected chi connectivity index (χ0v) is 67.0. The number of rotatable bonds is 14. The summed E-state index contributed by atoms with van der Waals surface area (Å²) >= 11 is 0. The van der Waals surface area contributed by atoms with Gasteiger partial charge in [0.1, 0.15) is 11.2 Å². The summed E-state index contributed by atoms with van der Waals surface area (Å²) in [6, 6.07) is 153. The van der Waals surface area contributed by atoms with Crippen molar-refractivity contribution in [1.29, 1.82) is 0 Å². The first-order chi connectivity index (χ1) is 61.4. The molecule has 0 spiro atoms. The Morgan fingerprint density at radius 3 is 0.758 bits per heavy atom. The second-order valence-corrected chi connectivity index (χ2v) is 31.2. The fourth-order valence-electron chi connectivity index (χ4n) is 17.6. The van der Waals surface area contributed by atoms with Gasteiger partial charge < -0.3 is 18.0 Å². The number of hydrogen-bond donors (Lipinski definition) is 0. The molecule has 0 aliphatic heterocycles. The standard InChI is InChI=1S/2C57H36N4O/c1-4-14-37(15-5-1)39-26-28-40(29-27-39)43-21-13-23-46(35-43)61-51-25-11-10-24-47(51)49-32-33-50-48-31-30-45(36-52(48)62-54(50)53(49)61)57-59-55(41-18-8-3-9-19-41)58-56(60-57)44-22-12-20-42(34-44)38-16-6-2-7-17-38;1-4-13-37(14-5-1)39-23-25-41(26-24-39)44-19-12-20-46(35-44)61-51-22-11-10-21-47(51)49-33-34-50-48-32-31-45(36-52(48)62-54(50)53(49)61)57-59-55(42-17-8-3-9-18-42)58-56(60-57)43-29-27-40(28-30-43)38-15-6-2-7-16-38/h2*1-36H. The summed E-state index contributed by atoms with van der Waals surface area (Å²) in [5.41, 5.74) is 29.0. The van der Waals surface area contributed by atoms with E-state index in [9.17, 15) is 0 Å². The SMILES string of the molecule is c1ccc(-c2ccc(-c3cccc(-n4c5ccccc5c5ccc6c7ccc(-c8nc(-c9ccccc9)nc(-c9ccc(-c%10ccccc%10)cc9)n8)cc7oc6c54)c3)cc2)cc1.c1ccc(-c2ccc(-c3cccc(-n4c5ccccc5c5ccc6c7ccc(-c8nc(-c9ccccc9)nc(-c9cccc(-c%10ccccc%10)c9)n8)cc7oc6c54)c3)cc2)cc1. The number of benzene rings is 18. The van der Waals surface area contributed by atoms with Crippen LogP contribution in [0, 0.1) is 0 Å². The minimum atomic E-state index is 0.578. The van der Waals surface area contributed by atoms with E-state index in [0.717, 1.165) is 166 Å². The van der Waals surface area contributed by atoms with E-state index < -0.39 is 0 Å². The van der Waals surface area contributed by atoms with Crippen molar-refractivity contribution in [2.45, 2.75) is 0 Å². The van der Waals surface area contributed by atoms with Crippen molar-refractivity contribution >= 4 is 87.5 Å². The summed E-state index contributed by atoms with van der Waals surface area (Å²) in [5, 5.41) is 8.78. The lowest BCUT2D eigenvalue weighted by Crippen LogP contribution is -2.00. The third-order valence-corrected chi connectivity index (χ3v) is 23.7. The van der Waals surface area contributed by atoms with Crippen molar-refractivity contribution in [3.8, 4) is 146 Å². The van der Waals surface area contributed by atoms with E-state index in [2.05, 4.69) is 373 Å². The predicted molar refractivity (Wildman–Crippen MR) is 508 cm³/mol. The summed E-state index contributed by atoms with van der Waals surface area (Å²) in [7, 11) is 0. The number of hydrogen-bond acceptors (Lipinski definition) is 8. The van der Waals surface area contributed by atoms with E-state index in [0.29, 0.717) is 34.9 Å². The first-order valence-electron chi connectivity index (χ1n) is 41.7. The van der Waals surface area contributed by atoms with Gasteiger partial charge in [-0.2, -0.15) is 0 Å². The lowest BCUT2D eigenvalue weighted by Gasteiger charge is -2.11. The Hall–Kier alpha value is -16.8. The largest absolute Gasteiger partial charge is 0.454 e. The van der Waals surface area contributed by atoms with Crippen LogP contribution in [0.2, 0.25) is 0 Å². The molecule has 124 heavy (non-hydrogen) atoms. The van der Waals surface area contributed by atoms with Crippen LogP contribution in [0.4, 0.5) is 0 Å². The number of fused-ring (bicyclic) bond motifs is 14. The van der Waals surface area contributed by atoms with Gasteiger partial charge in [0.2, 0.25) is 0 Å². The molecular formula is C114H72N8O2. The van der Waals surface area contributed by atoms with E-state index in [1.54, 1.807) is 0 Å². The molecule has 0 radical (unpaired) electrons. The van der Waals surface area contributed by atoms with E-state index >= 15 is 0 Å². The van der Waals surface area contributed by atoms with E-state index in [1.807, 2.05) is 72.8 Å². The molecule has 24 rings (SSSR count). The smallest absolute Gasteiger partial charge is 0.164 e. The quantitative estimate of drug-likeness (QED) is 0.106. The Morgan fingerprint density at radius 1 is 0.153 bits per heavy atom. The van der Waals surface area contributed by atoms with Crippen LogP contribution in [-0.4, -0.2) is 39.0 Å². The maximum absolute atomic E-state index is 6.99. The maximum atomic E-state index is 6.99. The summed E-state index contributed by atoms with van der Waals surface area (Å²) in [6.07, 6.45) is 0. The average Bonchev–Trinajstić information content (AvgIpc) is 1.56. The number of nitrogens with zero attached hydrogens (tertiary/aromatic N) is 8. The van der Waals surface area contributed by atoms with E-state index in [1.165, 1.54) is 33.0 Å². The van der Waals surface area contributed by atoms with Crippen molar-refractivity contribution in [2.24, 2.45) is 0 Å². The first-order valence-corrected chi connectivity index (χ1v) is 41.7. The van der Waals surface area contributed by atoms with Crippen molar-refractivity contribution in [2.75, 3.05) is 0 Å². The molecule has 0 aliphatic rings. The molecule has 10 nitrogen and oxygen atoms in total. The highest BCUT2D eigenvalue weighted by Gasteiger charge is 2.25. The molecule has 24 aromatic rings. The first kappa shape index (κ1) is 72.4. The van der Waals surface area contributed by atoms with Crippen LogP contribution in [-0.2, 0) is 0 Å². The van der Waals surface area contributed by atoms with Crippen molar-refractivity contribution in [1.82, 2.24) is 39.0 Å². The molecule has 18 aromatic carbocycles. The van der Waals surface area contributed by atoms with Gasteiger partial charge in [-0.25, -0.2) is 29.9 Å². The van der Waals surface area contributed by atoms with Gasteiger partial charge in [0.05, 0.1) is 22.1 Å². The highest BCUT2D eigenvalue weighted by Crippen LogP contribution is 2.45. The zero-order chi connectivity index (χ0) is 82.0. The molecule has 0 saturated heterocycles. The molecule has 0 amide bonds. The third-order valence-electron chi connectivity index (χ3n) is 23.7.